The van der Waals surface area contributed by atoms with Gasteiger partial charge < -0.3 is 24.8 Å². The van der Waals surface area contributed by atoms with Crippen molar-refractivity contribution in [1.82, 2.24) is 10.2 Å². The second-order valence-electron chi connectivity index (χ2n) is 6.94. The molecule has 0 saturated carbocycles. The number of ether oxygens (including phenoxy) is 2. The SMILES string of the molecule is COc1ccc2c(c1)CCN(C(=O)CNC[C@@H](C)O)C21CCOCC1. The first-order chi connectivity index (χ1) is 12.1. The average Bonchev–Trinajstić information content (AvgIpc) is 2.62. The van der Waals surface area contributed by atoms with E-state index in [1.54, 1.807) is 14.0 Å². The number of hydrogen-bond donors (Lipinski definition) is 2. The lowest BCUT2D eigenvalue weighted by molar-refractivity contribution is -0.143. The van der Waals surface area contributed by atoms with Gasteiger partial charge in [0.1, 0.15) is 5.75 Å². The molecule has 1 aromatic carbocycles. The van der Waals surface area contributed by atoms with Crippen LogP contribution in [0.2, 0.25) is 0 Å². The van der Waals surface area contributed by atoms with E-state index in [2.05, 4.69) is 17.4 Å². The topological polar surface area (TPSA) is 71.0 Å². The van der Waals surface area contributed by atoms with Crippen molar-refractivity contribution in [3.05, 3.63) is 29.3 Å². The number of aliphatic hydroxyl groups is 1. The molecule has 1 atom stereocenters. The van der Waals surface area contributed by atoms with Crippen LogP contribution in [0.4, 0.5) is 0 Å². The summed E-state index contributed by atoms with van der Waals surface area (Å²) >= 11 is 0. The van der Waals surface area contributed by atoms with Crippen LogP contribution in [-0.4, -0.2) is 62.0 Å². The molecular weight excluding hydrogens is 320 g/mol. The minimum absolute atomic E-state index is 0.0871. The van der Waals surface area contributed by atoms with E-state index in [9.17, 15) is 9.90 Å². The molecule has 25 heavy (non-hydrogen) atoms. The zero-order valence-electron chi connectivity index (χ0n) is 15.1. The molecule has 2 heterocycles. The number of fused-ring (bicyclic) bond motifs is 2. The van der Waals surface area contributed by atoms with Gasteiger partial charge in [0.25, 0.3) is 0 Å². The number of benzene rings is 1. The zero-order valence-corrected chi connectivity index (χ0v) is 15.1. The van der Waals surface area contributed by atoms with Gasteiger partial charge in [-0.3, -0.25) is 4.79 Å². The zero-order chi connectivity index (χ0) is 17.9. The van der Waals surface area contributed by atoms with Crippen molar-refractivity contribution in [2.24, 2.45) is 0 Å². The van der Waals surface area contributed by atoms with Gasteiger partial charge in [-0.25, -0.2) is 0 Å². The van der Waals surface area contributed by atoms with Crippen LogP contribution in [0.5, 0.6) is 5.75 Å². The maximum absolute atomic E-state index is 12.9. The Hall–Kier alpha value is -1.63. The normalized spacial score (nSPS) is 20.2. The number of nitrogens with one attached hydrogen (secondary N) is 1. The first kappa shape index (κ1) is 18.2. The highest BCUT2D eigenvalue weighted by Gasteiger charge is 2.45. The van der Waals surface area contributed by atoms with E-state index >= 15 is 0 Å². The van der Waals surface area contributed by atoms with Gasteiger partial charge in [-0.2, -0.15) is 0 Å². The van der Waals surface area contributed by atoms with Crippen LogP contribution in [0.15, 0.2) is 18.2 Å². The molecular formula is C19H28N2O4. The van der Waals surface area contributed by atoms with Crippen molar-refractivity contribution in [2.45, 2.75) is 37.8 Å². The Morgan fingerprint density at radius 3 is 2.88 bits per heavy atom. The summed E-state index contributed by atoms with van der Waals surface area (Å²) in [6.45, 7) is 4.41. The van der Waals surface area contributed by atoms with Crippen molar-refractivity contribution >= 4 is 5.91 Å². The molecule has 0 radical (unpaired) electrons. The van der Waals surface area contributed by atoms with E-state index in [0.29, 0.717) is 26.3 Å². The molecule has 2 aliphatic heterocycles. The van der Waals surface area contributed by atoms with Crippen molar-refractivity contribution < 1.29 is 19.4 Å². The third kappa shape index (κ3) is 3.66. The number of amides is 1. The van der Waals surface area contributed by atoms with Crippen LogP contribution >= 0.6 is 0 Å². The van der Waals surface area contributed by atoms with E-state index in [1.807, 2.05) is 11.0 Å². The van der Waals surface area contributed by atoms with Crippen LogP contribution in [0.1, 0.15) is 30.9 Å². The number of nitrogens with zero attached hydrogens (tertiary/aromatic N) is 1. The van der Waals surface area contributed by atoms with Gasteiger partial charge >= 0.3 is 0 Å². The first-order valence-electron chi connectivity index (χ1n) is 9.01. The largest absolute Gasteiger partial charge is 0.497 e. The molecule has 1 aromatic rings. The molecule has 6 heteroatoms. The molecule has 1 amide bonds. The Morgan fingerprint density at radius 2 is 2.20 bits per heavy atom. The third-order valence-corrected chi connectivity index (χ3v) is 5.27. The predicted octanol–water partition coefficient (Wildman–Crippen LogP) is 1.06. The first-order valence-corrected chi connectivity index (χ1v) is 9.01. The molecule has 1 spiro atoms. The summed E-state index contributed by atoms with van der Waals surface area (Å²) < 4.78 is 11.0. The van der Waals surface area contributed by atoms with E-state index in [-0.39, 0.29) is 18.0 Å². The third-order valence-electron chi connectivity index (χ3n) is 5.27. The average molecular weight is 348 g/mol. The van der Waals surface area contributed by atoms with Gasteiger partial charge in [-0.05, 0) is 49.4 Å². The maximum atomic E-state index is 12.9. The number of hydrogen-bond acceptors (Lipinski definition) is 5. The van der Waals surface area contributed by atoms with Gasteiger partial charge in [0.05, 0.1) is 25.3 Å². The molecule has 2 N–H and O–H groups in total. The van der Waals surface area contributed by atoms with E-state index in [4.69, 9.17) is 9.47 Å². The number of carbonyl (C=O) groups excluding carboxylic acids is 1. The number of carbonyl (C=O) groups is 1. The molecule has 0 bridgehead atoms. The quantitative estimate of drug-likeness (QED) is 0.832. The van der Waals surface area contributed by atoms with Crippen LogP contribution in [0, 0.1) is 0 Å². The highest BCUT2D eigenvalue weighted by Crippen LogP contribution is 2.43. The van der Waals surface area contributed by atoms with Crippen molar-refractivity contribution in [3.8, 4) is 5.75 Å². The lowest BCUT2D eigenvalue weighted by Crippen LogP contribution is -2.57. The predicted molar refractivity (Wildman–Crippen MR) is 94.7 cm³/mol. The fourth-order valence-corrected chi connectivity index (χ4v) is 4.04. The fraction of sp³-hybridized carbons (Fsp3) is 0.632. The van der Waals surface area contributed by atoms with Crippen molar-refractivity contribution in [2.75, 3.05) is 40.0 Å². The molecule has 1 fully saturated rings. The summed E-state index contributed by atoms with van der Waals surface area (Å²) in [6.07, 6.45) is 2.00. The highest BCUT2D eigenvalue weighted by molar-refractivity contribution is 5.80. The fourth-order valence-electron chi connectivity index (χ4n) is 4.04. The lowest BCUT2D eigenvalue weighted by Gasteiger charge is -2.50. The van der Waals surface area contributed by atoms with Crippen molar-refractivity contribution in [1.29, 1.82) is 0 Å². The summed E-state index contributed by atoms with van der Waals surface area (Å²) in [4.78, 5) is 14.9. The summed E-state index contributed by atoms with van der Waals surface area (Å²) in [6, 6.07) is 6.19. The minimum Gasteiger partial charge on any atom is -0.497 e. The molecule has 0 unspecified atom stereocenters. The Bertz CT molecular complexity index is 611. The summed E-state index contributed by atoms with van der Waals surface area (Å²) in [5.74, 6) is 0.948. The molecule has 6 nitrogen and oxygen atoms in total. The summed E-state index contributed by atoms with van der Waals surface area (Å²) in [5, 5.41) is 12.4. The Morgan fingerprint density at radius 1 is 1.44 bits per heavy atom. The van der Waals surface area contributed by atoms with Crippen LogP contribution in [0.3, 0.4) is 0 Å². The smallest absolute Gasteiger partial charge is 0.237 e. The Labute approximate surface area is 149 Å². The Balaban J connectivity index is 1.87. The van der Waals surface area contributed by atoms with Crippen LogP contribution < -0.4 is 10.1 Å². The van der Waals surface area contributed by atoms with E-state index in [1.165, 1.54) is 11.1 Å². The van der Waals surface area contributed by atoms with Gasteiger partial charge in [0, 0.05) is 26.3 Å². The number of methoxy groups -OCH3 is 1. The molecule has 0 aliphatic carbocycles. The second-order valence-corrected chi connectivity index (χ2v) is 6.94. The number of rotatable bonds is 5. The van der Waals surface area contributed by atoms with Gasteiger partial charge in [-0.1, -0.05) is 6.07 Å². The van der Waals surface area contributed by atoms with Gasteiger partial charge in [0.15, 0.2) is 0 Å². The van der Waals surface area contributed by atoms with Crippen LogP contribution in [0.25, 0.3) is 0 Å². The van der Waals surface area contributed by atoms with Crippen LogP contribution in [-0.2, 0) is 21.5 Å². The molecule has 1 saturated heterocycles. The molecule has 2 aliphatic rings. The maximum Gasteiger partial charge on any atom is 0.237 e. The van der Waals surface area contributed by atoms with Crippen molar-refractivity contribution in [3.63, 3.8) is 0 Å². The molecule has 3 rings (SSSR count). The number of aliphatic hydroxyl groups excluding tert-OH is 1. The standard InChI is InChI=1S/C19H28N2O4/c1-14(22)12-20-13-18(23)21-8-5-15-11-16(24-2)3-4-17(15)19(21)6-9-25-10-7-19/h3-4,11,14,20,22H,5-10,12-13H2,1-2H3/t14-/m1/s1. The second kappa shape index (κ2) is 7.72. The van der Waals surface area contributed by atoms with E-state index in [0.717, 1.165) is 25.0 Å². The Kier molecular flexibility index (Phi) is 5.61. The molecule has 0 aromatic heterocycles. The minimum atomic E-state index is -0.459. The van der Waals surface area contributed by atoms with Gasteiger partial charge in [0.2, 0.25) is 5.91 Å². The molecule has 138 valence electrons. The lowest BCUT2D eigenvalue weighted by atomic mass is 9.75. The summed E-state index contributed by atoms with van der Waals surface area (Å²) in [7, 11) is 1.68. The summed E-state index contributed by atoms with van der Waals surface area (Å²) in [5.41, 5.74) is 2.20. The monoisotopic (exact) mass is 348 g/mol. The van der Waals surface area contributed by atoms with E-state index < -0.39 is 6.10 Å². The van der Waals surface area contributed by atoms with Gasteiger partial charge in [-0.15, -0.1) is 0 Å². The highest BCUT2D eigenvalue weighted by atomic mass is 16.5.